The molecule has 9 nitrogen and oxygen atoms in total. The van der Waals surface area contributed by atoms with Crippen molar-refractivity contribution in [1.29, 1.82) is 0 Å². The molecule has 0 fully saturated rings. The van der Waals surface area contributed by atoms with Crippen LogP contribution in [0.1, 0.15) is 23.2 Å². The molecule has 0 heterocycles. The molecule has 0 saturated carbocycles. The molecule has 0 spiro atoms. The number of allylic oxidation sites excluding steroid dienone is 2. The highest BCUT2D eigenvalue weighted by Crippen LogP contribution is 2.31. The number of carbonyl (C=O) groups is 3. The molecular weight excluding hydrogens is 433 g/mol. The van der Waals surface area contributed by atoms with E-state index in [0.29, 0.717) is 23.2 Å². The van der Waals surface area contributed by atoms with E-state index in [9.17, 15) is 14.4 Å². The number of aliphatic carboxylic acids is 1. The molecule has 1 aliphatic carbocycles. The van der Waals surface area contributed by atoms with Gasteiger partial charge < -0.3 is 21.2 Å². The average molecular weight is 454 g/mol. The second-order valence-electron chi connectivity index (χ2n) is 6.34. The van der Waals surface area contributed by atoms with E-state index >= 15 is 0 Å². The summed E-state index contributed by atoms with van der Waals surface area (Å²) in [5, 5.41) is 13.0. The van der Waals surface area contributed by atoms with Gasteiger partial charge in [-0.25, -0.2) is 10.8 Å². The fourth-order valence-electron chi connectivity index (χ4n) is 2.57. The minimum atomic E-state index is -1.39. The highest BCUT2D eigenvalue weighted by molar-refractivity contribution is 6.35. The Morgan fingerprint density at radius 3 is 2.77 bits per heavy atom. The van der Waals surface area contributed by atoms with Crippen LogP contribution in [0.5, 0.6) is 0 Å². The minimum Gasteiger partial charge on any atom is -0.481 e. The standard InChI is InChI=1S/C19H21Cl2N5O4/c20-15-8-12(4-5-17(28)29)6-7-19(15,21)26-16(27)10-23-18(30)13-2-1-3-14(9-13)24-11-25-22/h1-3,6-9,11,15H,4-5,10,22H2,(H,23,30)(H,24,25)(H,26,27)(H,28,29). The van der Waals surface area contributed by atoms with Crippen molar-refractivity contribution in [3.8, 4) is 0 Å². The van der Waals surface area contributed by atoms with E-state index in [1.54, 1.807) is 30.4 Å². The zero-order valence-electron chi connectivity index (χ0n) is 15.8. The van der Waals surface area contributed by atoms with Crippen LogP contribution in [-0.2, 0) is 9.59 Å². The topological polar surface area (TPSA) is 146 Å². The largest absolute Gasteiger partial charge is 0.481 e. The summed E-state index contributed by atoms with van der Waals surface area (Å²) >= 11 is 12.7. The van der Waals surface area contributed by atoms with Gasteiger partial charge in [0.2, 0.25) is 5.91 Å². The van der Waals surface area contributed by atoms with Gasteiger partial charge in [0.1, 0.15) is 6.34 Å². The number of hydrazine groups is 1. The van der Waals surface area contributed by atoms with Crippen LogP contribution in [0.15, 0.2) is 53.1 Å². The zero-order valence-corrected chi connectivity index (χ0v) is 17.3. The molecule has 1 aromatic rings. The third-order valence-corrected chi connectivity index (χ3v) is 5.10. The molecule has 2 unspecified atom stereocenters. The van der Waals surface area contributed by atoms with E-state index in [1.165, 1.54) is 18.5 Å². The molecule has 2 amide bonds. The molecule has 0 bridgehead atoms. The number of hydrogen-bond donors (Lipinski definition) is 5. The number of amides is 2. The average Bonchev–Trinajstić information content (AvgIpc) is 2.71. The quantitative estimate of drug-likeness (QED) is 0.0956. The molecule has 0 saturated heterocycles. The lowest BCUT2D eigenvalue weighted by Crippen LogP contribution is -2.52. The fraction of sp³-hybridized carbons (Fsp3) is 0.263. The number of nitrogens with zero attached hydrogens (tertiary/aromatic N) is 1. The maximum Gasteiger partial charge on any atom is 0.303 e. The van der Waals surface area contributed by atoms with Gasteiger partial charge in [0.25, 0.3) is 5.91 Å². The number of carboxylic acid groups (broad SMARTS) is 1. The first-order chi connectivity index (χ1) is 14.2. The maximum absolute atomic E-state index is 12.3. The summed E-state index contributed by atoms with van der Waals surface area (Å²) in [5.41, 5.74) is 3.79. The number of halogens is 2. The Morgan fingerprint density at radius 2 is 2.10 bits per heavy atom. The van der Waals surface area contributed by atoms with E-state index < -0.39 is 28.2 Å². The number of carbonyl (C=O) groups excluding carboxylic acids is 2. The van der Waals surface area contributed by atoms with Crippen molar-refractivity contribution < 1.29 is 19.5 Å². The zero-order chi connectivity index (χ0) is 22.1. The molecule has 2 rings (SSSR count). The lowest BCUT2D eigenvalue weighted by atomic mass is 9.98. The van der Waals surface area contributed by atoms with Crippen LogP contribution >= 0.6 is 23.2 Å². The van der Waals surface area contributed by atoms with Crippen LogP contribution in [0.4, 0.5) is 5.69 Å². The summed E-state index contributed by atoms with van der Waals surface area (Å²) in [6.45, 7) is -0.321. The van der Waals surface area contributed by atoms with Gasteiger partial charge in [0, 0.05) is 12.0 Å². The van der Waals surface area contributed by atoms with Crippen LogP contribution in [0.3, 0.4) is 0 Å². The Labute approximate surface area is 183 Å². The SMILES string of the molecule is NNC=Nc1cccc(C(=O)NCC(=O)NC2(Cl)C=CC(CCC(=O)O)=CC2Cl)c1. The Bertz CT molecular complexity index is 903. The summed E-state index contributed by atoms with van der Waals surface area (Å²) in [6, 6.07) is 6.44. The van der Waals surface area contributed by atoms with Crippen molar-refractivity contribution in [2.24, 2.45) is 10.8 Å². The van der Waals surface area contributed by atoms with E-state index in [0.717, 1.165) is 0 Å². The first kappa shape index (κ1) is 23.4. The predicted molar refractivity (Wildman–Crippen MR) is 115 cm³/mol. The van der Waals surface area contributed by atoms with Crippen LogP contribution in [0.25, 0.3) is 0 Å². The lowest BCUT2D eigenvalue weighted by molar-refractivity contribution is -0.137. The molecule has 0 radical (unpaired) electrons. The number of nitrogens with one attached hydrogen (secondary N) is 3. The number of carboxylic acids is 1. The van der Waals surface area contributed by atoms with Crippen LogP contribution in [-0.4, -0.2) is 46.1 Å². The van der Waals surface area contributed by atoms with Gasteiger partial charge in [-0.3, -0.25) is 14.4 Å². The van der Waals surface area contributed by atoms with Crippen LogP contribution < -0.4 is 21.9 Å². The molecular formula is C19H21Cl2N5O4. The van der Waals surface area contributed by atoms with E-state index in [-0.39, 0.29) is 13.0 Å². The molecule has 160 valence electrons. The smallest absolute Gasteiger partial charge is 0.303 e. The summed E-state index contributed by atoms with van der Waals surface area (Å²) in [4.78, 5) is 37.8. The van der Waals surface area contributed by atoms with Crippen molar-refractivity contribution in [3.05, 3.63) is 53.6 Å². The van der Waals surface area contributed by atoms with Gasteiger partial charge in [-0.05, 0) is 30.7 Å². The number of aliphatic imine (C=N–C) groups is 1. The number of hydrogen-bond acceptors (Lipinski definition) is 5. The third kappa shape index (κ3) is 6.87. The fourth-order valence-corrected chi connectivity index (χ4v) is 3.09. The number of rotatable bonds is 9. The van der Waals surface area contributed by atoms with Crippen molar-refractivity contribution in [3.63, 3.8) is 0 Å². The summed E-state index contributed by atoms with van der Waals surface area (Å²) in [5.74, 6) is 3.18. The lowest BCUT2D eigenvalue weighted by Gasteiger charge is -2.31. The molecule has 6 N–H and O–H groups in total. The molecule has 2 atom stereocenters. The number of benzene rings is 1. The van der Waals surface area contributed by atoms with E-state index in [2.05, 4.69) is 21.1 Å². The maximum atomic E-state index is 12.3. The van der Waals surface area contributed by atoms with Crippen LogP contribution in [0, 0.1) is 0 Å². The highest BCUT2D eigenvalue weighted by atomic mass is 35.5. The molecule has 0 aromatic heterocycles. The van der Waals surface area contributed by atoms with Gasteiger partial charge >= 0.3 is 5.97 Å². The predicted octanol–water partition coefficient (Wildman–Crippen LogP) is 1.56. The summed E-state index contributed by atoms with van der Waals surface area (Å²) < 4.78 is 0. The number of alkyl halides is 2. The first-order valence-corrected chi connectivity index (χ1v) is 9.67. The Hall–Kier alpha value is -2.88. The van der Waals surface area contributed by atoms with Gasteiger partial charge in [0.05, 0.1) is 17.6 Å². The van der Waals surface area contributed by atoms with E-state index in [1.807, 2.05) is 0 Å². The van der Waals surface area contributed by atoms with Crippen molar-refractivity contribution >= 4 is 53.0 Å². The Balaban J connectivity index is 1.90. The van der Waals surface area contributed by atoms with Gasteiger partial charge in [-0.15, -0.1) is 11.6 Å². The Kier molecular flexibility index (Phi) is 8.40. The van der Waals surface area contributed by atoms with Crippen molar-refractivity contribution in [2.75, 3.05) is 6.54 Å². The number of nitrogens with two attached hydrogens (primary N) is 1. The van der Waals surface area contributed by atoms with Crippen LogP contribution in [0.2, 0.25) is 0 Å². The Morgan fingerprint density at radius 1 is 1.33 bits per heavy atom. The monoisotopic (exact) mass is 453 g/mol. The molecule has 1 aliphatic rings. The minimum absolute atomic E-state index is 0.0390. The summed E-state index contributed by atoms with van der Waals surface area (Å²) in [7, 11) is 0. The molecule has 11 heteroatoms. The molecule has 0 aliphatic heterocycles. The normalized spacial score (nSPS) is 20.5. The van der Waals surface area contributed by atoms with Gasteiger partial charge in [0.15, 0.2) is 5.00 Å². The van der Waals surface area contributed by atoms with Crippen molar-refractivity contribution in [1.82, 2.24) is 16.1 Å². The summed E-state index contributed by atoms with van der Waals surface area (Å²) in [6.07, 6.45) is 6.25. The van der Waals surface area contributed by atoms with Gasteiger partial charge in [-0.2, -0.15) is 0 Å². The first-order valence-electron chi connectivity index (χ1n) is 8.86. The second kappa shape index (κ2) is 10.8. The molecule has 30 heavy (non-hydrogen) atoms. The highest BCUT2D eigenvalue weighted by Gasteiger charge is 2.35. The second-order valence-corrected chi connectivity index (χ2v) is 7.44. The van der Waals surface area contributed by atoms with Gasteiger partial charge in [-0.1, -0.05) is 35.4 Å². The molecule has 1 aromatic carbocycles. The van der Waals surface area contributed by atoms with Crippen molar-refractivity contribution in [2.45, 2.75) is 23.2 Å². The third-order valence-electron chi connectivity index (χ3n) is 4.07. The van der Waals surface area contributed by atoms with E-state index in [4.69, 9.17) is 34.2 Å².